The molecule has 0 aromatic heterocycles. The highest BCUT2D eigenvalue weighted by Gasteiger charge is 2.30. The Balaban J connectivity index is 0.00000182. The van der Waals surface area contributed by atoms with Crippen molar-refractivity contribution in [3.05, 3.63) is 95.7 Å². The molecule has 0 amide bonds. The zero-order valence-corrected chi connectivity index (χ0v) is 15.0. The highest BCUT2D eigenvalue weighted by molar-refractivity contribution is 5.85. The van der Waals surface area contributed by atoms with Crippen molar-refractivity contribution in [1.29, 1.82) is 0 Å². The number of aliphatic hydroxyl groups is 1. The summed E-state index contributed by atoms with van der Waals surface area (Å²) in [6, 6.07) is 19.8. The molecule has 130 valence electrons. The second kappa shape index (κ2) is 7.47. The molecule has 0 aliphatic carbocycles. The van der Waals surface area contributed by atoms with Crippen molar-refractivity contribution in [2.75, 3.05) is 13.1 Å². The van der Waals surface area contributed by atoms with Gasteiger partial charge in [0.15, 0.2) is 0 Å². The Morgan fingerprint density at radius 2 is 1.40 bits per heavy atom. The maximum Gasteiger partial charge on any atom is 0.133 e. The lowest BCUT2D eigenvalue weighted by atomic mass is 9.82. The van der Waals surface area contributed by atoms with Crippen LogP contribution in [0.1, 0.15) is 24.0 Å². The van der Waals surface area contributed by atoms with Crippen molar-refractivity contribution < 1.29 is 5.11 Å². The number of halogens is 1. The lowest BCUT2D eigenvalue weighted by molar-refractivity contribution is 0.134. The molecule has 1 N–H and O–H groups in total. The average molecular weight is 354 g/mol. The SMILES string of the molecule is Cl.OC(/C=C/C1=CN2CCC1CC2)(c1ccccc1)c1ccccc1. The Kier molecular flexibility index (Phi) is 5.31. The molecule has 2 bridgehead atoms. The van der Waals surface area contributed by atoms with E-state index in [0.29, 0.717) is 5.92 Å². The van der Waals surface area contributed by atoms with Gasteiger partial charge in [-0.15, -0.1) is 12.4 Å². The van der Waals surface area contributed by atoms with Crippen LogP contribution in [0.3, 0.4) is 0 Å². The van der Waals surface area contributed by atoms with Crippen molar-refractivity contribution in [3.8, 4) is 0 Å². The van der Waals surface area contributed by atoms with Crippen LogP contribution in [0.2, 0.25) is 0 Å². The molecule has 3 heterocycles. The van der Waals surface area contributed by atoms with E-state index in [2.05, 4.69) is 17.2 Å². The summed E-state index contributed by atoms with van der Waals surface area (Å²) >= 11 is 0. The lowest BCUT2D eigenvalue weighted by Crippen LogP contribution is -2.35. The highest BCUT2D eigenvalue weighted by Crippen LogP contribution is 2.35. The summed E-state index contributed by atoms with van der Waals surface area (Å²) in [5.74, 6) is 0.641. The van der Waals surface area contributed by atoms with Gasteiger partial charge in [0, 0.05) is 19.3 Å². The number of nitrogens with zero attached hydrogens (tertiary/aromatic N) is 1. The third-order valence-electron chi connectivity index (χ3n) is 5.28. The molecule has 0 saturated carbocycles. The van der Waals surface area contributed by atoms with Gasteiger partial charge in [-0.1, -0.05) is 66.7 Å². The van der Waals surface area contributed by atoms with Crippen LogP contribution in [0.4, 0.5) is 0 Å². The van der Waals surface area contributed by atoms with Gasteiger partial charge in [0.05, 0.1) is 0 Å². The quantitative estimate of drug-likeness (QED) is 0.874. The summed E-state index contributed by atoms with van der Waals surface area (Å²) in [6.07, 6.45) is 8.82. The molecule has 3 aliphatic rings. The molecule has 1 saturated heterocycles. The molecule has 3 aliphatic heterocycles. The number of allylic oxidation sites excluding steroid dienone is 2. The Bertz CT molecular complexity index is 707. The first-order chi connectivity index (χ1) is 11.8. The van der Waals surface area contributed by atoms with Gasteiger partial charge in [-0.3, -0.25) is 0 Å². The van der Waals surface area contributed by atoms with Crippen molar-refractivity contribution in [2.45, 2.75) is 18.4 Å². The summed E-state index contributed by atoms with van der Waals surface area (Å²) in [4.78, 5) is 2.39. The van der Waals surface area contributed by atoms with E-state index in [0.717, 1.165) is 11.1 Å². The smallest absolute Gasteiger partial charge is 0.133 e. The normalized spacial score (nSPS) is 17.5. The molecule has 5 rings (SSSR count). The van der Waals surface area contributed by atoms with Gasteiger partial charge in [0.2, 0.25) is 0 Å². The van der Waals surface area contributed by atoms with Gasteiger partial charge < -0.3 is 10.0 Å². The molecule has 0 spiro atoms. The number of benzene rings is 2. The first-order valence-corrected chi connectivity index (χ1v) is 8.74. The molecule has 2 nitrogen and oxygen atoms in total. The summed E-state index contributed by atoms with van der Waals surface area (Å²) in [7, 11) is 0. The second-order valence-electron chi connectivity index (χ2n) is 6.77. The first kappa shape index (κ1) is 17.8. The van der Waals surface area contributed by atoms with Crippen molar-refractivity contribution in [3.63, 3.8) is 0 Å². The first-order valence-electron chi connectivity index (χ1n) is 8.74. The molecular formula is C22H24ClNO. The molecule has 3 heteroatoms. The van der Waals surface area contributed by atoms with E-state index in [9.17, 15) is 5.11 Å². The molecular weight excluding hydrogens is 330 g/mol. The highest BCUT2D eigenvalue weighted by atomic mass is 35.5. The molecule has 25 heavy (non-hydrogen) atoms. The number of rotatable bonds is 4. The van der Waals surface area contributed by atoms with Gasteiger partial charge in [0.1, 0.15) is 5.60 Å². The van der Waals surface area contributed by atoms with E-state index in [1.54, 1.807) is 0 Å². The van der Waals surface area contributed by atoms with E-state index in [1.807, 2.05) is 66.7 Å². The average Bonchev–Trinajstić information content (AvgIpc) is 2.68. The molecule has 0 unspecified atom stereocenters. The summed E-state index contributed by atoms with van der Waals surface area (Å²) < 4.78 is 0. The van der Waals surface area contributed by atoms with Gasteiger partial charge >= 0.3 is 0 Å². The largest absolute Gasteiger partial charge is 0.377 e. The summed E-state index contributed by atoms with van der Waals surface area (Å²) in [5, 5.41) is 11.5. The Morgan fingerprint density at radius 1 is 0.880 bits per heavy atom. The number of hydrogen-bond donors (Lipinski definition) is 1. The summed E-state index contributed by atoms with van der Waals surface area (Å²) in [5.41, 5.74) is 2.04. The van der Waals surface area contributed by atoms with E-state index >= 15 is 0 Å². The molecule has 0 atom stereocenters. The topological polar surface area (TPSA) is 23.5 Å². The molecule has 1 fully saturated rings. The van der Waals surface area contributed by atoms with Crippen molar-refractivity contribution in [2.24, 2.45) is 5.92 Å². The monoisotopic (exact) mass is 353 g/mol. The Hall–Kier alpha value is -2.03. The fourth-order valence-electron chi connectivity index (χ4n) is 3.82. The van der Waals surface area contributed by atoms with E-state index in [-0.39, 0.29) is 12.4 Å². The maximum absolute atomic E-state index is 11.5. The third kappa shape index (κ3) is 3.51. The minimum absolute atomic E-state index is 0. The van der Waals surface area contributed by atoms with Crippen LogP contribution < -0.4 is 0 Å². The van der Waals surface area contributed by atoms with Crippen molar-refractivity contribution in [1.82, 2.24) is 4.90 Å². The van der Waals surface area contributed by atoms with Crippen LogP contribution in [0, 0.1) is 5.92 Å². The van der Waals surface area contributed by atoms with E-state index < -0.39 is 5.60 Å². The van der Waals surface area contributed by atoms with Gasteiger partial charge in [-0.2, -0.15) is 0 Å². The van der Waals surface area contributed by atoms with Gasteiger partial charge in [-0.25, -0.2) is 0 Å². The van der Waals surface area contributed by atoms with Gasteiger partial charge in [-0.05, 0) is 41.5 Å². The van der Waals surface area contributed by atoms with Crippen LogP contribution in [0.15, 0.2) is 84.6 Å². The van der Waals surface area contributed by atoms with Crippen LogP contribution in [-0.4, -0.2) is 23.1 Å². The molecule has 2 aromatic carbocycles. The van der Waals surface area contributed by atoms with Crippen LogP contribution in [0.5, 0.6) is 0 Å². The van der Waals surface area contributed by atoms with Crippen molar-refractivity contribution >= 4 is 12.4 Å². The fraction of sp³-hybridized carbons (Fsp3) is 0.273. The Morgan fingerprint density at radius 3 is 1.84 bits per heavy atom. The molecule has 2 aromatic rings. The minimum atomic E-state index is -1.10. The summed E-state index contributed by atoms with van der Waals surface area (Å²) in [6.45, 7) is 2.34. The zero-order chi connectivity index (χ0) is 16.4. The zero-order valence-electron chi connectivity index (χ0n) is 14.2. The standard InChI is InChI=1S/C22H23NO.ClH/c24-22(20-7-3-1-4-8-20,21-9-5-2-6-10-21)14-11-19-17-23-15-12-18(19)13-16-23;/h1-11,14,17-18,24H,12-13,15-16H2;1H/b14-11+;. The van der Waals surface area contributed by atoms with E-state index in [4.69, 9.17) is 0 Å². The van der Waals surface area contributed by atoms with Gasteiger partial charge in [0.25, 0.3) is 0 Å². The van der Waals surface area contributed by atoms with Crippen LogP contribution >= 0.6 is 12.4 Å². The maximum atomic E-state index is 11.5. The number of hydrogen-bond acceptors (Lipinski definition) is 2. The molecule has 0 radical (unpaired) electrons. The van der Waals surface area contributed by atoms with E-state index in [1.165, 1.54) is 31.5 Å². The predicted molar refractivity (Wildman–Crippen MR) is 105 cm³/mol. The minimum Gasteiger partial charge on any atom is -0.377 e. The predicted octanol–water partition coefficient (Wildman–Crippen LogP) is 4.51. The number of fused-ring (bicyclic) bond motifs is 2. The van der Waals surface area contributed by atoms with Crippen LogP contribution in [0.25, 0.3) is 0 Å². The third-order valence-corrected chi connectivity index (χ3v) is 5.28. The lowest BCUT2D eigenvalue weighted by Gasteiger charge is -2.38. The number of piperidine rings is 1. The van der Waals surface area contributed by atoms with Crippen LogP contribution in [-0.2, 0) is 5.60 Å². The Labute approximate surface area is 155 Å². The second-order valence-corrected chi connectivity index (χ2v) is 6.77. The fourth-order valence-corrected chi connectivity index (χ4v) is 3.82.